The Hall–Kier alpha value is -3.62. The van der Waals surface area contributed by atoms with Crippen LogP contribution in [-0.2, 0) is 14.4 Å². The van der Waals surface area contributed by atoms with Crippen LogP contribution in [0.4, 0.5) is 5.69 Å². The van der Waals surface area contributed by atoms with E-state index in [0.717, 1.165) is 17.7 Å². The van der Waals surface area contributed by atoms with Crippen LogP contribution < -0.4 is 16.1 Å². The van der Waals surface area contributed by atoms with Gasteiger partial charge in [0.15, 0.2) is 0 Å². The molecule has 2 atom stereocenters. The molecule has 1 saturated heterocycles. The summed E-state index contributed by atoms with van der Waals surface area (Å²) in [5, 5.41) is 15.3. The molecule has 0 bridgehead atoms. The highest BCUT2D eigenvalue weighted by Gasteiger charge is 2.32. The molecule has 4 N–H and O–H groups in total. The van der Waals surface area contributed by atoms with E-state index in [2.05, 4.69) is 10.4 Å². The molecule has 158 valence electrons. The number of furan rings is 1. The molecule has 1 aromatic carbocycles. The number of carboxylic acid groups (broad SMARTS) is 1. The SMILES string of the molecule is NN=Cc1ccc(N2CCCC(CC(=O)N[C@@H](CC(=O)O)c3ccoc3)C2=O)cc1. The minimum Gasteiger partial charge on any atom is -0.481 e. The molecule has 1 aliphatic rings. The summed E-state index contributed by atoms with van der Waals surface area (Å²) < 4.78 is 4.99. The fourth-order valence-electron chi connectivity index (χ4n) is 3.60. The minimum absolute atomic E-state index is 0.00121. The summed E-state index contributed by atoms with van der Waals surface area (Å²) >= 11 is 0. The lowest BCUT2D eigenvalue weighted by Gasteiger charge is -2.32. The van der Waals surface area contributed by atoms with E-state index in [9.17, 15) is 14.4 Å². The number of carbonyl (C=O) groups is 3. The van der Waals surface area contributed by atoms with Gasteiger partial charge in [0.1, 0.15) is 0 Å². The molecule has 30 heavy (non-hydrogen) atoms. The molecular weight excluding hydrogens is 388 g/mol. The summed E-state index contributed by atoms with van der Waals surface area (Å²) in [5.41, 5.74) is 2.15. The van der Waals surface area contributed by atoms with Crippen LogP contribution >= 0.6 is 0 Å². The van der Waals surface area contributed by atoms with E-state index >= 15 is 0 Å². The number of nitrogens with zero attached hydrogens (tertiary/aromatic N) is 2. The average Bonchev–Trinajstić information content (AvgIpc) is 3.25. The highest BCUT2D eigenvalue weighted by Crippen LogP contribution is 2.27. The van der Waals surface area contributed by atoms with E-state index in [1.807, 2.05) is 24.3 Å². The molecule has 0 saturated carbocycles. The predicted molar refractivity (Wildman–Crippen MR) is 110 cm³/mol. The van der Waals surface area contributed by atoms with Gasteiger partial charge in [0.25, 0.3) is 0 Å². The summed E-state index contributed by atoms with van der Waals surface area (Å²) in [5.74, 6) is 3.17. The molecule has 1 fully saturated rings. The van der Waals surface area contributed by atoms with Gasteiger partial charge in [-0.2, -0.15) is 5.10 Å². The lowest BCUT2D eigenvalue weighted by Crippen LogP contribution is -2.43. The van der Waals surface area contributed by atoms with E-state index in [-0.39, 0.29) is 24.7 Å². The summed E-state index contributed by atoms with van der Waals surface area (Å²) in [4.78, 5) is 38.3. The molecular formula is C21H24N4O5. The number of hydrazone groups is 1. The maximum absolute atomic E-state index is 13.0. The largest absolute Gasteiger partial charge is 0.481 e. The molecule has 1 aromatic heterocycles. The predicted octanol–water partition coefficient (Wildman–Crippen LogP) is 2.04. The Kier molecular flexibility index (Phi) is 6.84. The maximum Gasteiger partial charge on any atom is 0.305 e. The number of piperidine rings is 1. The Morgan fingerprint density at radius 3 is 2.73 bits per heavy atom. The van der Waals surface area contributed by atoms with E-state index in [1.165, 1.54) is 18.7 Å². The number of aliphatic carboxylic acids is 1. The Balaban J connectivity index is 1.64. The van der Waals surface area contributed by atoms with Crippen LogP contribution in [0.2, 0.25) is 0 Å². The van der Waals surface area contributed by atoms with Gasteiger partial charge in [0, 0.05) is 30.1 Å². The molecule has 9 heteroatoms. The third kappa shape index (κ3) is 5.25. The molecule has 3 rings (SSSR count). The number of rotatable bonds is 8. The number of anilines is 1. The zero-order chi connectivity index (χ0) is 21.5. The zero-order valence-corrected chi connectivity index (χ0v) is 16.4. The quantitative estimate of drug-likeness (QED) is 0.345. The zero-order valence-electron chi connectivity index (χ0n) is 16.4. The molecule has 0 aliphatic carbocycles. The third-order valence-electron chi connectivity index (χ3n) is 5.07. The Morgan fingerprint density at radius 2 is 2.10 bits per heavy atom. The second-order valence-electron chi connectivity index (χ2n) is 7.18. The first-order chi connectivity index (χ1) is 14.5. The second kappa shape index (κ2) is 9.73. The van der Waals surface area contributed by atoms with Gasteiger partial charge in [-0.15, -0.1) is 0 Å². The lowest BCUT2D eigenvalue weighted by atomic mass is 9.92. The third-order valence-corrected chi connectivity index (χ3v) is 5.07. The van der Waals surface area contributed by atoms with Crippen molar-refractivity contribution in [2.75, 3.05) is 11.4 Å². The number of benzene rings is 1. The first-order valence-electron chi connectivity index (χ1n) is 9.66. The fourth-order valence-corrected chi connectivity index (χ4v) is 3.60. The molecule has 2 amide bonds. The molecule has 9 nitrogen and oxygen atoms in total. The van der Waals surface area contributed by atoms with Crippen molar-refractivity contribution in [3.63, 3.8) is 0 Å². The van der Waals surface area contributed by atoms with Crippen LogP contribution in [0, 0.1) is 5.92 Å². The first-order valence-corrected chi connectivity index (χ1v) is 9.66. The number of hydrogen-bond acceptors (Lipinski definition) is 6. The number of carboxylic acids is 1. The first kappa shape index (κ1) is 21.1. The van der Waals surface area contributed by atoms with Crippen LogP contribution in [0.25, 0.3) is 0 Å². The van der Waals surface area contributed by atoms with Crippen molar-refractivity contribution in [1.29, 1.82) is 0 Å². The number of amides is 2. The van der Waals surface area contributed by atoms with Crippen LogP contribution in [0.1, 0.15) is 42.9 Å². The highest BCUT2D eigenvalue weighted by atomic mass is 16.4. The lowest BCUT2D eigenvalue weighted by molar-refractivity contribution is -0.138. The monoisotopic (exact) mass is 412 g/mol. The van der Waals surface area contributed by atoms with Gasteiger partial charge in [0.05, 0.1) is 31.2 Å². The molecule has 0 radical (unpaired) electrons. The second-order valence-corrected chi connectivity index (χ2v) is 7.18. The molecule has 2 aromatic rings. The summed E-state index contributed by atoms with van der Waals surface area (Å²) in [6, 6.07) is 8.17. The van der Waals surface area contributed by atoms with Gasteiger partial charge in [0.2, 0.25) is 11.8 Å². The van der Waals surface area contributed by atoms with Crippen LogP contribution in [0.3, 0.4) is 0 Å². The molecule has 1 aliphatic heterocycles. The Bertz CT molecular complexity index is 908. The molecule has 1 unspecified atom stereocenters. The average molecular weight is 412 g/mol. The van der Waals surface area contributed by atoms with Crippen molar-refractivity contribution in [3.05, 3.63) is 54.0 Å². The standard InChI is InChI=1S/C21H24N4O5/c22-23-12-14-3-5-17(6-4-14)25-8-1-2-15(21(25)29)10-19(26)24-18(11-20(27)28)16-7-9-30-13-16/h3-7,9,12-13,15,18H,1-2,8,10-11,22H2,(H,24,26)(H,27,28)/t15?,18-/m0/s1. The van der Waals surface area contributed by atoms with Crippen LogP contribution in [-0.4, -0.2) is 35.6 Å². The summed E-state index contributed by atoms with van der Waals surface area (Å²) in [7, 11) is 0. The van der Waals surface area contributed by atoms with Gasteiger partial charge in [-0.3, -0.25) is 14.4 Å². The van der Waals surface area contributed by atoms with Gasteiger partial charge in [-0.1, -0.05) is 12.1 Å². The normalized spacial score (nSPS) is 17.8. The molecule has 2 heterocycles. The molecule has 0 spiro atoms. The topological polar surface area (TPSA) is 138 Å². The van der Waals surface area contributed by atoms with Crippen molar-refractivity contribution < 1.29 is 23.9 Å². The van der Waals surface area contributed by atoms with E-state index < -0.39 is 17.9 Å². The Labute approximate surface area is 173 Å². The van der Waals surface area contributed by atoms with Crippen molar-refractivity contribution >= 4 is 29.7 Å². The van der Waals surface area contributed by atoms with Crippen molar-refractivity contribution in [2.24, 2.45) is 16.9 Å². The van der Waals surface area contributed by atoms with Crippen LogP contribution in [0.15, 0.2) is 52.4 Å². The number of hydrogen-bond donors (Lipinski definition) is 3. The van der Waals surface area contributed by atoms with E-state index in [4.69, 9.17) is 15.4 Å². The van der Waals surface area contributed by atoms with Crippen LogP contribution in [0.5, 0.6) is 0 Å². The minimum atomic E-state index is -1.04. The summed E-state index contributed by atoms with van der Waals surface area (Å²) in [6.45, 7) is 0.581. The van der Waals surface area contributed by atoms with Gasteiger partial charge in [-0.25, -0.2) is 0 Å². The van der Waals surface area contributed by atoms with E-state index in [0.29, 0.717) is 18.5 Å². The Morgan fingerprint density at radius 1 is 1.33 bits per heavy atom. The van der Waals surface area contributed by atoms with Gasteiger partial charge >= 0.3 is 5.97 Å². The van der Waals surface area contributed by atoms with Crippen molar-refractivity contribution in [2.45, 2.75) is 31.7 Å². The fraction of sp³-hybridized carbons (Fsp3) is 0.333. The van der Waals surface area contributed by atoms with E-state index in [1.54, 1.807) is 11.0 Å². The number of carbonyl (C=O) groups excluding carboxylic acids is 2. The van der Waals surface area contributed by atoms with Gasteiger partial charge in [-0.05, 0) is 36.6 Å². The number of nitrogens with one attached hydrogen (secondary N) is 1. The van der Waals surface area contributed by atoms with Gasteiger partial charge < -0.3 is 25.6 Å². The number of nitrogens with two attached hydrogens (primary N) is 1. The highest BCUT2D eigenvalue weighted by molar-refractivity contribution is 5.98. The summed E-state index contributed by atoms with van der Waals surface area (Å²) in [6.07, 6.45) is 5.45. The van der Waals surface area contributed by atoms with Crippen molar-refractivity contribution in [3.8, 4) is 0 Å². The van der Waals surface area contributed by atoms with Crippen molar-refractivity contribution in [1.82, 2.24) is 5.32 Å². The maximum atomic E-state index is 13.0. The smallest absolute Gasteiger partial charge is 0.305 e.